The van der Waals surface area contributed by atoms with Gasteiger partial charge in [-0.1, -0.05) is 23.5 Å². The fourth-order valence-electron chi connectivity index (χ4n) is 1.90. The molecule has 138 valence electrons. The number of aryl methyl sites for hydroxylation is 1. The number of rotatable bonds is 8. The third-order valence-corrected chi connectivity index (χ3v) is 3.83. The number of methoxy groups -OCH3 is 1. The number of amides is 2. The van der Waals surface area contributed by atoms with Gasteiger partial charge in [0, 0.05) is 6.42 Å². The van der Waals surface area contributed by atoms with Crippen LogP contribution in [-0.4, -0.2) is 41.7 Å². The van der Waals surface area contributed by atoms with E-state index in [2.05, 4.69) is 20.8 Å². The summed E-state index contributed by atoms with van der Waals surface area (Å²) in [4.78, 5) is 35.2. The predicted molar refractivity (Wildman–Crippen MR) is 95.1 cm³/mol. The van der Waals surface area contributed by atoms with E-state index in [1.165, 1.54) is 18.4 Å². The average molecular weight is 378 g/mol. The molecule has 0 aliphatic heterocycles. The number of nitrogens with one attached hydrogen (secondary N) is 2. The van der Waals surface area contributed by atoms with Crippen LogP contribution >= 0.6 is 11.3 Å². The van der Waals surface area contributed by atoms with E-state index in [0.717, 1.165) is 5.01 Å². The van der Waals surface area contributed by atoms with Gasteiger partial charge in [0.1, 0.15) is 10.8 Å². The number of aromatic nitrogens is 2. The van der Waals surface area contributed by atoms with Crippen LogP contribution in [0.25, 0.3) is 0 Å². The fourth-order valence-corrected chi connectivity index (χ4v) is 2.50. The van der Waals surface area contributed by atoms with Crippen LogP contribution in [-0.2, 0) is 19.1 Å². The molecule has 0 aliphatic carbocycles. The molecule has 10 heteroatoms. The highest BCUT2D eigenvalue weighted by molar-refractivity contribution is 7.15. The number of carbonyl (C=O) groups is 3. The van der Waals surface area contributed by atoms with Crippen molar-refractivity contribution in [1.82, 2.24) is 10.2 Å². The smallest absolute Gasteiger partial charge is 0.306 e. The fraction of sp³-hybridized carbons (Fsp3) is 0.312. The van der Waals surface area contributed by atoms with Gasteiger partial charge < -0.3 is 20.1 Å². The molecule has 9 nitrogen and oxygen atoms in total. The quantitative estimate of drug-likeness (QED) is 0.672. The lowest BCUT2D eigenvalue weighted by molar-refractivity contribution is -0.147. The molecule has 0 unspecified atom stereocenters. The molecule has 0 saturated heterocycles. The molecule has 0 radical (unpaired) electrons. The Bertz CT molecular complexity index is 792. The molecule has 0 atom stereocenters. The maximum Gasteiger partial charge on any atom is 0.306 e. The van der Waals surface area contributed by atoms with Gasteiger partial charge in [0.05, 0.1) is 19.2 Å². The second-order valence-corrected chi connectivity index (χ2v) is 6.27. The molecule has 2 amide bonds. The molecule has 2 aromatic rings. The van der Waals surface area contributed by atoms with Crippen molar-refractivity contribution in [2.24, 2.45) is 0 Å². The Morgan fingerprint density at radius 3 is 2.54 bits per heavy atom. The summed E-state index contributed by atoms with van der Waals surface area (Å²) in [5.41, 5.74) is 0.475. The number of benzene rings is 1. The van der Waals surface area contributed by atoms with Crippen LogP contribution in [0.1, 0.15) is 17.8 Å². The zero-order valence-corrected chi connectivity index (χ0v) is 15.1. The Morgan fingerprint density at radius 2 is 1.85 bits per heavy atom. The Morgan fingerprint density at radius 1 is 1.08 bits per heavy atom. The Hall–Kier alpha value is -3.01. The first-order valence-electron chi connectivity index (χ1n) is 7.66. The lowest BCUT2D eigenvalue weighted by atomic mass is 10.3. The summed E-state index contributed by atoms with van der Waals surface area (Å²) in [5, 5.41) is 13.7. The van der Waals surface area contributed by atoms with E-state index >= 15 is 0 Å². The molecular weight excluding hydrogens is 360 g/mol. The van der Waals surface area contributed by atoms with E-state index in [4.69, 9.17) is 9.47 Å². The van der Waals surface area contributed by atoms with Gasteiger partial charge in [-0.2, -0.15) is 0 Å². The molecule has 0 aliphatic rings. The van der Waals surface area contributed by atoms with E-state index in [1.807, 2.05) is 0 Å². The Labute approximate surface area is 153 Å². The molecule has 1 heterocycles. The lowest BCUT2D eigenvalue weighted by Crippen LogP contribution is -2.22. The number of esters is 1. The molecule has 1 aromatic carbocycles. The summed E-state index contributed by atoms with van der Waals surface area (Å²) < 4.78 is 9.97. The van der Waals surface area contributed by atoms with Crippen molar-refractivity contribution in [3.8, 4) is 5.75 Å². The normalized spacial score (nSPS) is 10.1. The first-order chi connectivity index (χ1) is 12.5. The summed E-state index contributed by atoms with van der Waals surface area (Å²) >= 11 is 1.23. The number of hydrogen-bond donors (Lipinski definition) is 2. The standard InChI is InChI=1S/C16H18N4O5S/c1-10-19-20-16(26-10)18-13(21)7-8-15(23)25-9-14(22)17-11-5-3-4-6-12(11)24-2/h3-6H,7-9H2,1-2H3,(H,17,22)(H,18,20,21). The number of carbonyl (C=O) groups excluding carboxylic acids is 3. The largest absolute Gasteiger partial charge is 0.495 e. The highest BCUT2D eigenvalue weighted by Crippen LogP contribution is 2.22. The average Bonchev–Trinajstić information content (AvgIpc) is 3.03. The molecule has 26 heavy (non-hydrogen) atoms. The van der Waals surface area contributed by atoms with Gasteiger partial charge in [0.15, 0.2) is 6.61 Å². The number of nitrogens with zero attached hydrogens (tertiary/aromatic N) is 2. The van der Waals surface area contributed by atoms with E-state index in [1.54, 1.807) is 31.2 Å². The molecule has 0 spiro atoms. The number of hydrogen-bond acceptors (Lipinski definition) is 8. The molecular formula is C16H18N4O5S. The van der Waals surface area contributed by atoms with Crippen molar-refractivity contribution in [2.45, 2.75) is 19.8 Å². The van der Waals surface area contributed by atoms with Gasteiger partial charge in [-0.3, -0.25) is 14.4 Å². The number of para-hydroxylation sites is 2. The summed E-state index contributed by atoms with van der Waals surface area (Å²) in [6.45, 7) is 1.31. The van der Waals surface area contributed by atoms with Crippen LogP contribution in [0.3, 0.4) is 0 Å². The highest BCUT2D eigenvalue weighted by atomic mass is 32.1. The van der Waals surface area contributed by atoms with Crippen LogP contribution < -0.4 is 15.4 Å². The van der Waals surface area contributed by atoms with E-state index in [0.29, 0.717) is 16.6 Å². The van der Waals surface area contributed by atoms with Gasteiger partial charge in [0.25, 0.3) is 5.91 Å². The van der Waals surface area contributed by atoms with E-state index in [9.17, 15) is 14.4 Å². The van der Waals surface area contributed by atoms with Crippen molar-refractivity contribution >= 4 is 39.9 Å². The van der Waals surface area contributed by atoms with E-state index < -0.39 is 18.5 Å². The topological polar surface area (TPSA) is 120 Å². The first kappa shape index (κ1) is 19.3. The van der Waals surface area contributed by atoms with Gasteiger partial charge in [-0.25, -0.2) is 0 Å². The molecule has 1 aromatic heterocycles. The maximum absolute atomic E-state index is 11.8. The monoisotopic (exact) mass is 378 g/mol. The third kappa shape index (κ3) is 6.13. The third-order valence-electron chi connectivity index (χ3n) is 3.07. The summed E-state index contributed by atoms with van der Waals surface area (Å²) in [7, 11) is 1.49. The van der Waals surface area contributed by atoms with Crippen molar-refractivity contribution in [1.29, 1.82) is 0 Å². The zero-order valence-electron chi connectivity index (χ0n) is 14.3. The van der Waals surface area contributed by atoms with Crippen LogP contribution in [0.15, 0.2) is 24.3 Å². The van der Waals surface area contributed by atoms with Crippen LogP contribution in [0.2, 0.25) is 0 Å². The number of ether oxygens (including phenoxy) is 2. The van der Waals surface area contributed by atoms with Crippen molar-refractivity contribution in [3.05, 3.63) is 29.3 Å². The Kier molecular flexibility index (Phi) is 7.03. The van der Waals surface area contributed by atoms with Crippen molar-refractivity contribution in [2.75, 3.05) is 24.4 Å². The van der Waals surface area contributed by atoms with Crippen LogP contribution in [0.5, 0.6) is 5.75 Å². The first-order valence-corrected chi connectivity index (χ1v) is 8.48. The highest BCUT2D eigenvalue weighted by Gasteiger charge is 2.13. The molecule has 0 fully saturated rings. The summed E-state index contributed by atoms with van der Waals surface area (Å²) in [6.07, 6.45) is -0.225. The van der Waals surface area contributed by atoms with Crippen LogP contribution in [0, 0.1) is 6.92 Å². The van der Waals surface area contributed by atoms with E-state index in [-0.39, 0.29) is 18.7 Å². The second kappa shape index (κ2) is 9.47. The maximum atomic E-state index is 11.8. The number of anilines is 2. The van der Waals surface area contributed by atoms with Crippen molar-refractivity contribution < 1.29 is 23.9 Å². The van der Waals surface area contributed by atoms with Gasteiger partial charge in [-0.05, 0) is 19.1 Å². The minimum atomic E-state index is -0.649. The second-order valence-electron chi connectivity index (χ2n) is 5.08. The summed E-state index contributed by atoms with van der Waals surface area (Å²) in [5.74, 6) is -1.03. The molecule has 0 saturated carbocycles. The predicted octanol–water partition coefficient (Wildman–Crippen LogP) is 1.76. The van der Waals surface area contributed by atoms with Gasteiger partial charge in [0.2, 0.25) is 11.0 Å². The molecule has 2 rings (SSSR count). The van der Waals surface area contributed by atoms with Crippen LogP contribution in [0.4, 0.5) is 10.8 Å². The zero-order chi connectivity index (χ0) is 18.9. The van der Waals surface area contributed by atoms with Gasteiger partial charge in [-0.15, -0.1) is 10.2 Å². The van der Waals surface area contributed by atoms with Gasteiger partial charge >= 0.3 is 5.97 Å². The minimum Gasteiger partial charge on any atom is -0.495 e. The Balaban J connectivity index is 1.69. The SMILES string of the molecule is COc1ccccc1NC(=O)COC(=O)CCC(=O)Nc1nnc(C)s1. The minimum absolute atomic E-state index is 0.0778. The van der Waals surface area contributed by atoms with Crippen molar-refractivity contribution in [3.63, 3.8) is 0 Å². The molecule has 2 N–H and O–H groups in total. The molecule has 0 bridgehead atoms. The lowest BCUT2D eigenvalue weighted by Gasteiger charge is -2.10. The summed E-state index contributed by atoms with van der Waals surface area (Å²) in [6, 6.07) is 6.86.